The van der Waals surface area contributed by atoms with E-state index in [2.05, 4.69) is 35.2 Å². The Kier molecular flexibility index (Phi) is 10.0. The molecular formula is C30H36N4O3S2. The number of carbonyl (C=O) groups is 1. The molecule has 0 bridgehead atoms. The molecule has 0 unspecified atom stereocenters. The second-order valence-corrected chi connectivity index (χ2v) is 11.8. The van der Waals surface area contributed by atoms with E-state index in [0.717, 1.165) is 50.2 Å². The maximum absolute atomic E-state index is 13.5. The summed E-state index contributed by atoms with van der Waals surface area (Å²) in [4.78, 5) is 31.2. The van der Waals surface area contributed by atoms with Crippen molar-refractivity contribution in [3.05, 3.63) is 67.8 Å². The summed E-state index contributed by atoms with van der Waals surface area (Å²) in [5, 5.41) is 9.90. The molecule has 1 aromatic heterocycles. The number of benzene rings is 1. The van der Waals surface area contributed by atoms with Crippen molar-refractivity contribution in [2.75, 3.05) is 38.3 Å². The minimum atomic E-state index is -0.262. The Morgan fingerprint density at radius 3 is 2.54 bits per heavy atom. The van der Waals surface area contributed by atoms with Gasteiger partial charge in [-0.1, -0.05) is 61.2 Å². The van der Waals surface area contributed by atoms with Crippen molar-refractivity contribution in [1.82, 2.24) is 9.47 Å². The molecule has 0 spiro atoms. The van der Waals surface area contributed by atoms with E-state index in [1.54, 1.807) is 16.6 Å². The molecule has 0 radical (unpaired) electrons. The number of thioether (sulfide) groups is 1. The number of ether oxygens (including phenoxy) is 1. The summed E-state index contributed by atoms with van der Waals surface area (Å²) in [6, 6.07) is 12.7. The average Bonchev–Trinajstić information content (AvgIpc) is 3.20. The first-order valence-electron chi connectivity index (χ1n) is 13.6. The standard InChI is InChI=1S/C30H36N4O3S2/c1-4-13-33-27(32-15-11-23(12-16-32)18-22-9-6-5-7-10-22)24(21(2)25(20-31)28(33)35)19-26-29(36)34(30(38)39-26)14-8-17-37-3/h5-7,9-10,19,23H,4,8,11-18H2,1-3H3. The maximum Gasteiger partial charge on any atom is 0.270 e. The van der Waals surface area contributed by atoms with Gasteiger partial charge < -0.3 is 9.64 Å². The summed E-state index contributed by atoms with van der Waals surface area (Å²) in [5.41, 5.74) is 2.59. The number of hydrogen-bond acceptors (Lipinski definition) is 7. The number of amides is 1. The first kappa shape index (κ1) is 29.1. The van der Waals surface area contributed by atoms with Gasteiger partial charge in [0.25, 0.3) is 11.5 Å². The smallest absolute Gasteiger partial charge is 0.270 e. The minimum absolute atomic E-state index is 0.132. The third-order valence-corrected chi connectivity index (χ3v) is 8.83. The SMILES string of the molecule is CCCn1c(N2CCC(Cc3ccccc3)CC2)c(C=C2SC(=S)N(CCCOC)C2=O)c(C)c(C#N)c1=O. The van der Waals surface area contributed by atoms with E-state index in [1.807, 2.05) is 26.0 Å². The molecule has 1 aromatic carbocycles. The highest BCUT2D eigenvalue weighted by atomic mass is 32.2. The van der Waals surface area contributed by atoms with Crippen LogP contribution in [0.1, 0.15) is 54.9 Å². The lowest BCUT2D eigenvalue weighted by Crippen LogP contribution is -2.40. The van der Waals surface area contributed by atoms with E-state index >= 15 is 0 Å². The van der Waals surface area contributed by atoms with Crippen LogP contribution in [0, 0.1) is 24.2 Å². The largest absolute Gasteiger partial charge is 0.385 e. The molecule has 9 heteroatoms. The van der Waals surface area contributed by atoms with Crippen molar-refractivity contribution in [1.29, 1.82) is 5.26 Å². The van der Waals surface area contributed by atoms with Crippen LogP contribution in [0.3, 0.4) is 0 Å². The van der Waals surface area contributed by atoms with Crippen LogP contribution in [0.4, 0.5) is 5.82 Å². The lowest BCUT2D eigenvalue weighted by Gasteiger charge is -2.36. The van der Waals surface area contributed by atoms with Gasteiger partial charge in [-0.25, -0.2) is 0 Å². The van der Waals surface area contributed by atoms with Gasteiger partial charge in [-0.15, -0.1) is 0 Å². The van der Waals surface area contributed by atoms with Crippen LogP contribution in [0.5, 0.6) is 0 Å². The Morgan fingerprint density at radius 2 is 1.90 bits per heavy atom. The van der Waals surface area contributed by atoms with E-state index in [0.29, 0.717) is 46.8 Å². The second-order valence-electron chi connectivity index (χ2n) is 10.1. The lowest BCUT2D eigenvalue weighted by atomic mass is 9.90. The normalized spacial score (nSPS) is 17.3. The Morgan fingerprint density at radius 1 is 1.18 bits per heavy atom. The Hall–Kier alpha value is -2.93. The summed E-state index contributed by atoms with van der Waals surface area (Å²) < 4.78 is 7.40. The number of thiocarbonyl (C=S) groups is 1. The molecule has 2 aromatic rings. The monoisotopic (exact) mass is 564 g/mol. The van der Waals surface area contributed by atoms with Gasteiger partial charge in [0.1, 0.15) is 21.8 Å². The molecule has 1 amide bonds. The summed E-state index contributed by atoms with van der Waals surface area (Å²) in [5.74, 6) is 1.24. The summed E-state index contributed by atoms with van der Waals surface area (Å²) in [6.45, 7) is 7.01. The van der Waals surface area contributed by atoms with E-state index < -0.39 is 0 Å². The topological polar surface area (TPSA) is 78.6 Å². The molecule has 0 saturated carbocycles. The van der Waals surface area contributed by atoms with Crippen molar-refractivity contribution in [3.63, 3.8) is 0 Å². The van der Waals surface area contributed by atoms with Crippen LogP contribution in [-0.2, 0) is 22.5 Å². The molecule has 2 saturated heterocycles. The third-order valence-electron chi connectivity index (χ3n) is 7.45. The molecule has 2 aliphatic heterocycles. The van der Waals surface area contributed by atoms with Gasteiger partial charge in [0.05, 0.1) is 4.91 Å². The average molecular weight is 565 g/mol. The lowest BCUT2D eigenvalue weighted by molar-refractivity contribution is -0.122. The molecular weight excluding hydrogens is 528 g/mol. The van der Waals surface area contributed by atoms with E-state index in [9.17, 15) is 14.9 Å². The highest BCUT2D eigenvalue weighted by Crippen LogP contribution is 2.37. The molecule has 3 heterocycles. The van der Waals surface area contributed by atoms with Crippen LogP contribution >= 0.6 is 24.0 Å². The fraction of sp³-hybridized carbons (Fsp3) is 0.467. The molecule has 7 nitrogen and oxygen atoms in total. The Bertz CT molecular complexity index is 1340. The summed E-state index contributed by atoms with van der Waals surface area (Å²) in [6.07, 6.45) is 6.36. The zero-order valence-electron chi connectivity index (χ0n) is 22.9. The van der Waals surface area contributed by atoms with Gasteiger partial charge >= 0.3 is 0 Å². The number of nitriles is 1. The molecule has 39 heavy (non-hydrogen) atoms. The molecule has 4 rings (SSSR count). The van der Waals surface area contributed by atoms with Crippen LogP contribution in [0.2, 0.25) is 0 Å². The molecule has 2 fully saturated rings. The zero-order valence-corrected chi connectivity index (χ0v) is 24.6. The van der Waals surface area contributed by atoms with Crippen LogP contribution in [-0.4, -0.2) is 53.0 Å². The van der Waals surface area contributed by atoms with Gasteiger partial charge in [0.2, 0.25) is 0 Å². The summed E-state index contributed by atoms with van der Waals surface area (Å²) in [7, 11) is 1.64. The zero-order chi connectivity index (χ0) is 27.9. The van der Waals surface area contributed by atoms with Crippen molar-refractivity contribution in [2.45, 2.75) is 52.5 Å². The second kappa shape index (κ2) is 13.4. The number of hydrogen-bond donors (Lipinski definition) is 0. The summed E-state index contributed by atoms with van der Waals surface area (Å²) >= 11 is 6.80. The van der Waals surface area contributed by atoms with Gasteiger partial charge in [0.15, 0.2) is 0 Å². The first-order chi connectivity index (χ1) is 18.9. The molecule has 0 atom stereocenters. The number of methoxy groups -OCH3 is 1. The maximum atomic E-state index is 13.5. The van der Waals surface area contributed by atoms with Gasteiger partial charge in [-0.2, -0.15) is 5.26 Å². The van der Waals surface area contributed by atoms with Crippen LogP contribution < -0.4 is 10.5 Å². The highest BCUT2D eigenvalue weighted by Gasteiger charge is 2.33. The minimum Gasteiger partial charge on any atom is -0.385 e. The molecule has 206 valence electrons. The predicted octanol–water partition coefficient (Wildman–Crippen LogP) is 5.14. The number of nitrogens with zero attached hydrogens (tertiary/aromatic N) is 4. The quantitative estimate of drug-likeness (QED) is 0.225. The molecule has 0 aliphatic carbocycles. The van der Waals surface area contributed by atoms with Crippen LogP contribution in [0.25, 0.3) is 6.08 Å². The van der Waals surface area contributed by atoms with Gasteiger partial charge in [-0.3, -0.25) is 19.1 Å². The van der Waals surface area contributed by atoms with E-state index in [4.69, 9.17) is 17.0 Å². The van der Waals surface area contributed by atoms with E-state index in [-0.39, 0.29) is 17.0 Å². The van der Waals surface area contributed by atoms with Gasteiger partial charge in [-0.05, 0) is 62.1 Å². The molecule has 0 N–H and O–H groups in total. The fourth-order valence-electron chi connectivity index (χ4n) is 5.40. The molecule has 2 aliphatic rings. The number of anilines is 1. The first-order valence-corrected chi connectivity index (χ1v) is 14.8. The number of carbonyl (C=O) groups excluding carboxylic acids is 1. The van der Waals surface area contributed by atoms with Crippen molar-refractivity contribution < 1.29 is 9.53 Å². The van der Waals surface area contributed by atoms with Gasteiger partial charge in [0, 0.05) is 45.5 Å². The predicted molar refractivity (Wildman–Crippen MR) is 162 cm³/mol. The fourth-order valence-corrected chi connectivity index (χ4v) is 6.69. The van der Waals surface area contributed by atoms with E-state index in [1.165, 1.54) is 17.3 Å². The number of aromatic nitrogens is 1. The Balaban J connectivity index is 1.70. The number of piperidine rings is 1. The van der Waals surface area contributed by atoms with Crippen molar-refractivity contribution in [3.8, 4) is 6.07 Å². The van der Waals surface area contributed by atoms with Crippen molar-refractivity contribution >= 4 is 46.1 Å². The third kappa shape index (κ3) is 6.46. The number of rotatable bonds is 10. The van der Waals surface area contributed by atoms with Crippen molar-refractivity contribution in [2.24, 2.45) is 5.92 Å². The highest BCUT2D eigenvalue weighted by molar-refractivity contribution is 8.26. The Labute approximate surface area is 240 Å². The number of pyridine rings is 1. The van der Waals surface area contributed by atoms with Crippen LogP contribution in [0.15, 0.2) is 40.0 Å².